The maximum absolute atomic E-state index is 13.6. The summed E-state index contributed by atoms with van der Waals surface area (Å²) in [7, 11) is 5.42. The summed E-state index contributed by atoms with van der Waals surface area (Å²) >= 11 is 13.9. The SMILES string of the molecule is COc1nc(-c2ccnc(-c3cccc(NC(=O)c4nc5c(n4C)CCN(C(=O)[C@@H]4CCN(C)C4)C5)c3Cl)c2Cl)ccc1CNC[C@@H]1CCC(=O)N1. The second-order valence-electron chi connectivity index (χ2n) is 13.6. The monoisotopic (exact) mass is 745 g/mol. The Balaban J connectivity index is 1.07. The summed E-state index contributed by atoms with van der Waals surface area (Å²) in [5, 5.41) is 9.86. The van der Waals surface area contributed by atoms with Gasteiger partial charge in [-0.2, -0.15) is 0 Å². The highest BCUT2D eigenvalue weighted by Gasteiger charge is 2.34. The minimum Gasteiger partial charge on any atom is -0.481 e. The van der Waals surface area contributed by atoms with E-state index in [2.05, 4.69) is 30.8 Å². The Hall–Kier alpha value is -4.56. The first-order valence-corrected chi connectivity index (χ1v) is 18.2. The molecule has 7 rings (SSSR count). The Labute approximate surface area is 312 Å². The van der Waals surface area contributed by atoms with E-state index < -0.39 is 5.91 Å². The Morgan fingerprint density at radius 3 is 2.62 bits per heavy atom. The van der Waals surface area contributed by atoms with Crippen LogP contribution in [0.15, 0.2) is 42.6 Å². The van der Waals surface area contributed by atoms with Gasteiger partial charge in [0.2, 0.25) is 17.7 Å². The highest BCUT2D eigenvalue weighted by atomic mass is 35.5. The fraction of sp³-hybridized carbons (Fsp3) is 0.405. The van der Waals surface area contributed by atoms with Crippen LogP contribution in [0.4, 0.5) is 5.69 Å². The standard InChI is InChI=1S/C37H41Cl2N9O4/c1-46-15-12-22(19-46)37(51)48-16-13-29-28(20-48)43-34(47(29)2)35(50)44-27-6-4-5-25(31(27)38)33-32(39)24(11-14-41-33)26-9-7-21(36(45-26)52-3)17-40-18-23-8-10-30(49)42-23/h4-7,9,11,14,22-23,40H,8,10,12-13,15-20H2,1-3H3,(H,42,49)(H,44,50)/t22-,23+/m1/s1. The normalized spacial score (nSPS) is 18.7. The number of benzene rings is 1. The summed E-state index contributed by atoms with van der Waals surface area (Å²) in [4.78, 5) is 56.4. The number of hydrogen-bond donors (Lipinski definition) is 3. The zero-order valence-corrected chi connectivity index (χ0v) is 30.9. The molecular formula is C37H41Cl2N9O4. The number of aromatic nitrogens is 4. The number of nitrogens with one attached hydrogen (secondary N) is 3. The summed E-state index contributed by atoms with van der Waals surface area (Å²) in [6.45, 7) is 3.84. The number of carbonyl (C=O) groups excluding carboxylic acids is 3. The van der Waals surface area contributed by atoms with Gasteiger partial charge in [0.25, 0.3) is 5.91 Å². The van der Waals surface area contributed by atoms with Crippen LogP contribution in [0.5, 0.6) is 5.88 Å². The minimum absolute atomic E-state index is 0.00261. The molecule has 0 spiro atoms. The van der Waals surface area contributed by atoms with Crippen LogP contribution < -0.4 is 20.7 Å². The van der Waals surface area contributed by atoms with Gasteiger partial charge in [0.15, 0.2) is 5.82 Å². The molecule has 3 aromatic heterocycles. The van der Waals surface area contributed by atoms with Crippen molar-refractivity contribution >= 4 is 46.6 Å². The summed E-state index contributed by atoms with van der Waals surface area (Å²) in [5.41, 5.74) is 5.11. The zero-order chi connectivity index (χ0) is 36.5. The molecule has 13 nitrogen and oxygen atoms in total. The smallest absolute Gasteiger partial charge is 0.291 e. The third-order valence-corrected chi connectivity index (χ3v) is 10.9. The molecule has 0 aliphatic carbocycles. The molecule has 15 heteroatoms. The van der Waals surface area contributed by atoms with Crippen molar-refractivity contribution in [3.8, 4) is 28.4 Å². The molecule has 3 aliphatic rings. The van der Waals surface area contributed by atoms with Crippen LogP contribution in [0.1, 0.15) is 46.8 Å². The first kappa shape index (κ1) is 35.8. The molecule has 272 valence electrons. The van der Waals surface area contributed by atoms with E-state index >= 15 is 0 Å². The van der Waals surface area contributed by atoms with E-state index in [1.165, 1.54) is 0 Å². The largest absolute Gasteiger partial charge is 0.481 e. The molecule has 3 N–H and O–H groups in total. The number of halogens is 2. The van der Waals surface area contributed by atoms with Gasteiger partial charge in [-0.15, -0.1) is 0 Å². The fourth-order valence-corrected chi connectivity index (χ4v) is 7.85. The van der Waals surface area contributed by atoms with Crippen LogP contribution in [0.25, 0.3) is 22.5 Å². The predicted molar refractivity (Wildman–Crippen MR) is 198 cm³/mol. The van der Waals surface area contributed by atoms with Crippen molar-refractivity contribution in [1.29, 1.82) is 0 Å². The molecule has 1 aromatic carbocycles. The molecule has 6 heterocycles. The van der Waals surface area contributed by atoms with Gasteiger partial charge in [0.05, 0.1) is 52.4 Å². The second kappa shape index (κ2) is 15.2. The lowest BCUT2D eigenvalue weighted by Gasteiger charge is -2.29. The van der Waals surface area contributed by atoms with Crippen LogP contribution in [-0.2, 0) is 36.1 Å². The van der Waals surface area contributed by atoms with E-state index in [4.69, 9.17) is 32.9 Å². The topological polar surface area (TPSA) is 147 Å². The molecular weight excluding hydrogens is 705 g/mol. The molecule has 0 saturated carbocycles. The third kappa shape index (κ3) is 7.23. The predicted octanol–water partition coefficient (Wildman–Crippen LogP) is 4.32. The van der Waals surface area contributed by atoms with Crippen LogP contribution in [0.2, 0.25) is 10.0 Å². The molecule has 3 amide bonds. The van der Waals surface area contributed by atoms with Crippen molar-refractivity contribution in [3.63, 3.8) is 0 Å². The van der Waals surface area contributed by atoms with Crippen molar-refractivity contribution in [2.24, 2.45) is 13.0 Å². The summed E-state index contributed by atoms with van der Waals surface area (Å²) < 4.78 is 7.42. The number of carbonyl (C=O) groups is 3. The zero-order valence-electron chi connectivity index (χ0n) is 29.3. The molecule has 4 aromatic rings. The number of rotatable bonds is 10. The van der Waals surface area contributed by atoms with Gasteiger partial charge < -0.3 is 35.1 Å². The average molecular weight is 747 g/mol. The Morgan fingerprint density at radius 1 is 1.02 bits per heavy atom. The van der Waals surface area contributed by atoms with E-state index in [-0.39, 0.29) is 34.6 Å². The minimum atomic E-state index is -0.419. The number of likely N-dealkylation sites (tertiary alicyclic amines) is 1. The molecule has 0 unspecified atom stereocenters. The van der Waals surface area contributed by atoms with E-state index in [1.54, 1.807) is 42.1 Å². The van der Waals surface area contributed by atoms with Crippen molar-refractivity contribution < 1.29 is 19.1 Å². The number of methoxy groups -OCH3 is 1. The number of anilines is 1. The van der Waals surface area contributed by atoms with Gasteiger partial charge in [0, 0.05) is 80.7 Å². The van der Waals surface area contributed by atoms with E-state index in [9.17, 15) is 14.4 Å². The van der Waals surface area contributed by atoms with Crippen LogP contribution in [-0.4, -0.2) is 93.4 Å². The molecule has 2 fully saturated rings. The molecule has 0 radical (unpaired) electrons. The van der Waals surface area contributed by atoms with Gasteiger partial charge >= 0.3 is 0 Å². The van der Waals surface area contributed by atoms with Crippen molar-refractivity contribution in [3.05, 3.63) is 75.4 Å². The van der Waals surface area contributed by atoms with Crippen molar-refractivity contribution in [1.82, 2.24) is 40.0 Å². The molecule has 3 aliphatic heterocycles. The van der Waals surface area contributed by atoms with E-state index in [1.807, 2.05) is 31.1 Å². The third-order valence-electron chi connectivity index (χ3n) is 10.1. The van der Waals surface area contributed by atoms with Crippen LogP contribution in [0, 0.1) is 5.92 Å². The lowest BCUT2D eigenvalue weighted by molar-refractivity contribution is -0.136. The number of nitrogens with zero attached hydrogens (tertiary/aromatic N) is 6. The lowest BCUT2D eigenvalue weighted by Crippen LogP contribution is -2.40. The summed E-state index contributed by atoms with van der Waals surface area (Å²) in [6, 6.07) is 11.0. The number of hydrogen-bond acceptors (Lipinski definition) is 9. The number of ether oxygens (including phenoxy) is 1. The first-order valence-electron chi connectivity index (χ1n) is 17.4. The lowest BCUT2D eigenvalue weighted by atomic mass is 10.0. The molecule has 52 heavy (non-hydrogen) atoms. The van der Waals surface area contributed by atoms with E-state index in [0.29, 0.717) is 78.1 Å². The highest BCUT2D eigenvalue weighted by molar-refractivity contribution is 6.39. The first-order chi connectivity index (χ1) is 25.1. The fourth-order valence-electron chi connectivity index (χ4n) is 7.28. The van der Waals surface area contributed by atoms with Gasteiger partial charge in [0.1, 0.15) is 0 Å². The van der Waals surface area contributed by atoms with Crippen LogP contribution >= 0.6 is 23.2 Å². The summed E-state index contributed by atoms with van der Waals surface area (Å²) in [5.74, 6) is 0.511. The quantitative estimate of drug-likeness (QED) is 0.216. The molecule has 2 saturated heterocycles. The number of amides is 3. The Bertz CT molecular complexity index is 2040. The van der Waals surface area contributed by atoms with Gasteiger partial charge in [-0.3, -0.25) is 19.4 Å². The van der Waals surface area contributed by atoms with E-state index in [0.717, 1.165) is 42.9 Å². The maximum Gasteiger partial charge on any atom is 0.291 e. The molecule has 2 atom stereocenters. The van der Waals surface area contributed by atoms with Gasteiger partial charge in [-0.1, -0.05) is 41.4 Å². The highest BCUT2D eigenvalue weighted by Crippen LogP contribution is 2.40. The van der Waals surface area contributed by atoms with Crippen LogP contribution in [0.3, 0.4) is 0 Å². The Morgan fingerprint density at radius 2 is 1.87 bits per heavy atom. The van der Waals surface area contributed by atoms with Gasteiger partial charge in [-0.25, -0.2) is 9.97 Å². The number of imidazole rings is 1. The average Bonchev–Trinajstić information content (AvgIpc) is 3.87. The Kier molecular flexibility index (Phi) is 10.5. The van der Waals surface area contributed by atoms with Gasteiger partial charge in [-0.05, 0) is 44.6 Å². The molecule has 0 bridgehead atoms. The maximum atomic E-state index is 13.6. The number of fused-ring (bicyclic) bond motifs is 1. The van der Waals surface area contributed by atoms with Crippen molar-refractivity contribution in [2.45, 2.75) is 44.8 Å². The number of pyridine rings is 2. The summed E-state index contributed by atoms with van der Waals surface area (Å²) in [6.07, 6.45) is 4.49. The second-order valence-corrected chi connectivity index (χ2v) is 14.3. The van der Waals surface area contributed by atoms with Crippen molar-refractivity contribution in [2.75, 3.05) is 45.7 Å².